The number of carbonyl (C=O) groups is 2. The topological polar surface area (TPSA) is 49.4 Å². The molecule has 0 bridgehead atoms. The first kappa shape index (κ1) is 20.2. The van der Waals surface area contributed by atoms with Crippen molar-refractivity contribution >= 4 is 28.8 Å². The molecule has 0 saturated heterocycles. The number of aryl methyl sites for hydroxylation is 2. The van der Waals surface area contributed by atoms with Gasteiger partial charge in [-0.15, -0.1) is 17.8 Å². The summed E-state index contributed by atoms with van der Waals surface area (Å²) >= 11 is 1.46. The summed E-state index contributed by atoms with van der Waals surface area (Å²) in [6.45, 7) is 3.93. The van der Waals surface area contributed by atoms with E-state index in [2.05, 4.69) is 11.2 Å². The maximum absolute atomic E-state index is 13.4. The first-order chi connectivity index (χ1) is 13.5. The molecular formula is C23H26N2O2S. The molecule has 1 saturated carbocycles. The van der Waals surface area contributed by atoms with E-state index in [0.717, 1.165) is 41.7 Å². The average Bonchev–Trinajstić information content (AvgIpc) is 3.21. The van der Waals surface area contributed by atoms with Crippen LogP contribution in [0.2, 0.25) is 0 Å². The van der Waals surface area contributed by atoms with Crippen molar-refractivity contribution in [1.82, 2.24) is 5.32 Å². The lowest BCUT2D eigenvalue weighted by Crippen LogP contribution is -2.47. The zero-order valence-electron chi connectivity index (χ0n) is 16.4. The molecule has 1 fully saturated rings. The van der Waals surface area contributed by atoms with Crippen molar-refractivity contribution in [2.75, 3.05) is 4.90 Å². The molecule has 1 heterocycles. The monoisotopic (exact) mass is 394 g/mol. The molecule has 28 heavy (non-hydrogen) atoms. The Balaban J connectivity index is 2.01. The average molecular weight is 395 g/mol. The van der Waals surface area contributed by atoms with Crippen LogP contribution in [0.25, 0.3) is 0 Å². The van der Waals surface area contributed by atoms with Gasteiger partial charge in [-0.2, -0.15) is 0 Å². The van der Waals surface area contributed by atoms with Gasteiger partial charge in [0, 0.05) is 16.6 Å². The van der Waals surface area contributed by atoms with E-state index in [0.29, 0.717) is 5.69 Å². The van der Waals surface area contributed by atoms with E-state index < -0.39 is 11.9 Å². The van der Waals surface area contributed by atoms with Crippen LogP contribution in [0, 0.1) is 26.2 Å². The molecule has 0 aliphatic heterocycles. The molecule has 1 aliphatic carbocycles. The number of thiophene rings is 1. The third kappa shape index (κ3) is 4.45. The number of hydrogen-bond donors (Lipinski definition) is 1. The fourth-order valence-electron chi connectivity index (χ4n) is 3.86. The van der Waals surface area contributed by atoms with E-state index in [1.54, 1.807) is 0 Å². The van der Waals surface area contributed by atoms with Crippen molar-refractivity contribution in [1.29, 1.82) is 0 Å². The molecule has 1 aliphatic rings. The van der Waals surface area contributed by atoms with Gasteiger partial charge in [-0.05, 0) is 55.7 Å². The van der Waals surface area contributed by atoms with Crippen LogP contribution in [-0.4, -0.2) is 17.9 Å². The van der Waals surface area contributed by atoms with Gasteiger partial charge < -0.3 is 5.32 Å². The Kier molecular flexibility index (Phi) is 6.53. The maximum atomic E-state index is 13.4. The van der Waals surface area contributed by atoms with Crippen molar-refractivity contribution in [2.45, 2.75) is 58.0 Å². The van der Waals surface area contributed by atoms with Crippen LogP contribution in [0.3, 0.4) is 0 Å². The molecule has 5 heteroatoms. The van der Waals surface area contributed by atoms with Gasteiger partial charge in [0.25, 0.3) is 0 Å². The Labute approximate surface area is 170 Å². The Morgan fingerprint density at radius 3 is 2.57 bits per heavy atom. The highest BCUT2D eigenvalue weighted by atomic mass is 32.1. The summed E-state index contributed by atoms with van der Waals surface area (Å²) in [5, 5.41) is 5.09. The molecule has 0 spiro atoms. The Morgan fingerprint density at radius 2 is 1.96 bits per heavy atom. The van der Waals surface area contributed by atoms with E-state index in [9.17, 15) is 9.59 Å². The van der Waals surface area contributed by atoms with Crippen LogP contribution in [0.1, 0.15) is 54.1 Å². The van der Waals surface area contributed by atoms with Crippen molar-refractivity contribution in [3.05, 3.63) is 51.7 Å². The largest absolute Gasteiger partial charge is 0.351 e. The van der Waals surface area contributed by atoms with E-state index in [1.807, 2.05) is 49.6 Å². The highest BCUT2D eigenvalue weighted by Gasteiger charge is 2.34. The highest BCUT2D eigenvalue weighted by Crippen LogP contribution is 2.33. The van der Waals surface area contributed by atoms with E-state index in [4.69, 9.17) is 6.42 Å². The van der Waals surface area contributed by atoms with Gasteiger partial charge in [-0.25, -0.2) is 0 Å². The molecule has 146 valence electrons. The van der Waals surface area contributed by atoms with Gasteiger partial charge in [0.2, 0.25) is 5.91 Å². The second-order valence-electron chi connectivity index (χ2n) is 7.37. The number of hydrogen-bond acceptors (Lipinski definition) is 3. The van der Waals surface area contributed by atoms with Crippen molar-refractivity contribution in [3.63, 3.8) is 0 Å². The number of nitrogens with one attached hydrogen (secondary N) is 1. The van der Waals surface area contributed by atoms with Gasteiger partial charge in [0.1, 0.15) is 0 Å². The van der Waals surface area contributed by atoms with Gasteiger partial charge >= 0.3 is 5.91 Å². The van der Waals surface area contributed by atoms with Crippen LogP contribution in [0.5, 0.6) is 0 Å². The lowest BCUT2D eigenvalue weighted by molar-refractivity contribution is -0.125. The Bertz CT molecular complexity index is 877. The zero-order valence-corrected chi connectivity index (χ0v) is 17.2. The minimum atomic E-state index is -0.771. The second-order valence-corrected chi connectivity index (χ2v) is 8.35. The number of carbonyl (C=O) groups excluding carboxylic acids is 2. The highest BCUT2D eigenvalue weighted by molar-refractivity contribution is 7.10. The first-order valence-corrected chi connectivity index (χ1v) is 10.6. The second kappa shape index (κ2) is 9.07. The summed E-state index contributed by atoms with van der Waals surface area (Å²) in [6.07, 6.45) is 10.9. The fourth-order valence-corrected chi connectivity index (χ4v) is 4.67. The van der Waals surface area contributed by atoms with E-state index in [1.165, 1.54) is 22.7 Å². The van der Waals surface area contributed by atoms with Gasteiger partial charge in [0.05, 0.1) is 0 Å². The number of amides is 2. The van der Waals surface area contributed by atoms with Crippen LogP contribution < -0.4 is 10.2 Å². The lowest BCUT2D eigenvalue weighted by Gasteiger charge is -2.32. The molecule has 1 aromatic heterocycles. The molecule has 2 aromatic rings. The van der Waals surface area contributed by atoms with Crippen LogP contribution in [-0.2, 0) is 9.59 Å². The molecule has 4 nitrogen and oxygen atoms in total. The predicted octanol–water partition coefficient (Wildman–Crippen LogP) is 4.52. The molecule has 2 amide bonds. The zero-order chi connectivity index (χ0) is 20.1. The standard InChI is InChI=1S/C23H26N2O2S/c1-4-21(26)25(19-13-12-16(2)15-17(19)3)22(20-11-8-14-28-20)23(27)24-18-9-6-5-7-10-18/h1,8,11-15,18,22H,5-7,9-10H2,2-3H3,(H,24,27). The number of anilines is 1. The smallest absolute Gasteiger partial charge is 0.303 e. The summed E-state index contributed by atoms with van der Waals surface area (Å²) in [5.74, 6) is 1.54. The molecule has 3 rings (SSSR count). The van der Waals surface area contributed by atoms with Crippen molar-refractivity contribution in [3.8, 4) is 12.3 Å². The maximum Gasteiger partial charge on any atom is 0.303 e. The lowest BCUT2D eigenvalue weighted by atomic mass is 9.95. The number of nitrogens with zero attached hydrogens (tertiary/aromatic N) is 1. The Morgan fingerprint density at radius 1 is 1.21 bits per heavy atom. The van der Waals surface area contributed by atoms with Crippen molar-refractivity contribution < 1.29 is 9.59 Å². The predicted molar refractivity (Wildman–Crippen MR) is 114 cm³/mol. The SMILES string of the molecule is C#CC(=O)N(c1ccc(C)cc1C)C(C(=O)NC1CCCCC1)c1cccs1. The van der Waals surface area contributed by atoms with Crippen LogP contribution in [0.4, 0.5) is 5.69 Å². The molecular weight excluding hydrogens is 368 g/mol. The minimum absolute atomic E-state index is 0.158. The molecule has 1 atom stereocenters. The number of rotatable bonds is 5. The summed E-state index contributed by atoms with van der Waals surface area (Å²) in [7, 11) is 0. The third-order valence-electron chi connectivity index (χ3n) is 5.22. The summed E-state index contributed by atoms with van der Waals surface area (Å²) in [5.41, 5.74) is 2.68. The molecule has 1 unspecified atom stereocenters. The van der Waals surface area contributed by atoms with E-state index in [-0.39, 0.29) is 11.9 Å². The summed E-state index contributed by atoms with van der Waals surface area (Å²) in [6, 6.07) is 8.96. The first-order valence-electron chi connectivity index (χ1n) is 9.72. The van der Waals surface area contributed by atoms with E-state index >= 15 is 0 Å². The minimum Gasteiger partial charge on any atom is -0.351 e. The van der Waals surface area contributed by atoms with Crippen LogP contribution >= 0.6 is 11.3 Å². The van der Waals surface area contributed by atoms with Gasteiger partial charge in [-0.1, -0.05) is 43.0 Å². The fraction of sp³-hybridized carbons (Fsp3) is 0.391. The van der Waals surface area contributed by atoms with Gasteiger partial charge in [0.15, 0.2) is 6.04 Å². The molecule has 1 aromatic carbocycles. The Hall–Kier alpha value is -2.58. The molecule has 1 N–H and O–H groups in total. The number of benzene rings is 1. The summed E-state index contributed by atoms with van der Waals surface area (Å²) < 4.78 is 0. The van der Waals surface area contributed by atoms with Gasteiger partial charge in [-0.3, -0.25) is 14.5 Å². The van der Waals surface area contributed by atoms with Crippen molar-refractivity contribution in [2.24, 2.45) is 0 Å². The third-order valence-corrected chi connectivity index (χ3v) is 6.15. The quantitative estimate of drug-likeness (QED) is 0.758. The molecule has 0 radical (unpaired) electrons. The normalized spacial score (nSPS) is 15.5. The number of terminal acetylenes is 1. The van der Waals surface area contributed by atoms with Crippen LogP contribution in [0.15, 0.2) is 35.7 Å². The summed E-state index contributed by atoms with van der Waals surface area (Å²) in [4.78, 5) is 28.4.